The first-order valence-corrected chi connectivity index (χ1v) is 9.06. The molecule has 0 spiro atoms. The van der Waals surface area contributed by atoms with Gasteiger partial charge in [0.2, 0.25) is 0 Å². The van der Waals surface area contributed by atoms with Crippen LogP contribution < -0.4 is 10.6 Å². The predicted octanol–water partition coefficient (Wildman–Crippen LogP) is 3.05. The lowest BCUT2D eigenvalue weighted by Gasteiger charge is -2.11. The molecule has 0 unspecified atom stereocenters. The molecule has 7 heteroatoms. The van der Waals surface area contributed by atoms with Gasteiger partial charge in [-0.15, -0.1) is 0 Å². The van der Waals surface area contributed by atoms with Crippen LogP contribution in [0, 0.1) is 0 Å². The highest BCUT2D eigenvalue weighted by Crippen LogP contribution is 2.17. The molecule has 3 amide bonds. The van der Waals surface area contributed by atoms with E-state index in [2.05, 4.69) is 10.6 Å². The first-order valence-electron chi connectivity index (χ1n) is 9.06. The molecule has 3 aromatic rings. The van der Waals surface area contributed by atoms with Crippen LogP contribution in [0.5, 0.6) is 0 Å². The average molecular weight is 402 g/mol. The van der Waals surface area contributed by atoms with Crippen molar-refractivity contribution >= 4 is 29.4 Å². The summed E-state index contributed by atoms with van der Waals surface area (Å²) in [6, 6.07) is 23.0. The SMILES string of the molecule is O=C(COC(=O)c1ccccc1NC(=O)c1ccccc1)NC(=O)c1ccccc1. The lowest BCUT2D eigenvalue weighted by Crippen LogP contribution is -2.34. The van der Waals surface area contributed by atoms with Crippen molar-refractivity contribution in [3.05, 3.63) is 102 Å². The summed E-state index contributed by atoms with van der Waals surface area (Å²) in [5.74, 6) is -2.54. The lowest BCUT2D eigenvalue weighted by molar-refractivity contribution is -0.123. The fraction of sp³-hybridized carbons (Fsp3) is 0.0435. The Bertz CT molecular complexity index is 1070. The van der Waals surface area contributed by atoms with Gasteiger partial charge >= 0.3 is 5.97 Å². The summed E-state index contributed by atoms with van der Waals surface area (Å²) in [6.45, 7) is -0.641. The number of imide groups is 1. The molecule has 7 nitrogen and oxygen atoms in total. The van der Waals surface area contributed by atoms with E-state index in [0.29, 0.717) is 11.1 Å². The van der Waals surface area contributed by atoms with Crippen molar-refractivity contribution in [3.8, 4) is 0 Å². The molecule has 30 heavy (non-hydrogen) atoms. The smallest absolute Gasteiger partial charge is 0.340 e. The van der Waals surface area contributed by atoms with Gasteiger partial charge in [-0.05, 0) is 36.4 Å². The molecule has 0 bridgehead atoms. The average Bonchev–Trinajstić information content (AvgIpc) is 2.79. The van der Waals surface area contributed by atoms with Crippen LogP contribution in [-0.2, 0) is 9.53 Å². The minimum absolute atomic E-state index is 0.0870. The Hall–Kier alpha value is -4.26. The maximum Gasteiger partial charge on any atom is 0.340 e. The standard InChI is InChI=1S/C23H18N2O5/c26-20(25-22(28)17-11-5-2-6-12-17)15-30-23(29)18-13-7-8-14-19(18)24-21(27)16-9-3-1-4-10-16/h1-14H,15H2,(H,24,27)(H,25,26,28). The molecule has 0 aliphatic heterocycles. The molecular formula is C23H18N2O5. The molecule has 0 aliphatic carbocycles. The van der Waals surface area contributed by atoms with Crippen molar-refractivity contribution < 1.29 is 23.9 Å². The number of esters is 1. The summed E-state index contributed by atoms with van der Waals surface area (Å²) in [5.41, 5.74) is 1.08. The minimum atomic E-state index is -0.804. The molecule has 0 atom stereocenters. The van der Waals surface area contributed by atoms with Crippen molar-refractivity contribution in [2.45, 2.75) is 0 Å². The Labute approximate surface area is 172 Å². The van der Waals surface area contributed by atoms with Gasteiger partial charge in [0.25, 0.3) is 17.7 Å². The fourth-order valence-electron chi connectivity index (χ4n) is 2.59. The van der Waals surface area contributed by atoms with Gasteiger partial charge in [0.05, 0.1) is 11.3 Å². The highest BCUT2D eigenvalue weighted by atomic mass is 16.5. The number of hydrogen-bond donors (Lipinski definition) is 2. The molecule has 0 saturated heterocycles. The van der Waals surface area contributed by atoms with E-state index in [1.807, 2.05) is 0 Å². The predicted molar refractivity (Wildman–Crippen MR) is 110 cm³/mol. The summed E-state index contributed by atoms with van der Waals surface area (Å²) < 4.78 is 5.00. The van der Waals surface area contributed by atoms with E-state index in [9.17, 15) is 19.2 Å². The monoisotopic (exact) mass is 402 g/mol. The van der Waals surface area contributed by atoms with Gasteiger partial charge in [0.1, 0.15) is 0 Å². The Morgan fingerprint density at radius 2 is 1.20 bits per heavy atom. The highest BCUT2D eigenvalue weighted by Gasteiger charge is 2.17. The summed E-state index contributed by atoms with van der Waals surface area (Å²) in [5, 5.41) is 4.80. The van der Waals surface area contributed by atoms with E-state index in [0.717, 1.165) is 0 Å². The Kier molecular flexibility index (Phi) is 6.68. The quantitative estimate of drug-likeness (QED) is 0.617. The van der Waals surface area contributed by atoms with Crippen LogP contribution in [0.1, 0.15) is 31.1 Å². The molecule has 2 N–H and O–H groups in total. The van der Waals surface area contributed by atoms with E-state index >= 15 is 0 Å². The maximum absolute atomic E-state index is 12.4. The summed E-state index contributed by atoms with van der Waals surface area (Å²) in [6.07, 6.45) is 0. The molecule has 0 aromatic heterocycles. The van der Waals surface area contributed by atoms with Crippen LogP contribution in [-0.4, -0.2) is 30.3 Å². The molecule has 0 fully saturated rings. The zero-order valence-electron chi connectivity index (χ0n) is 15.8. The largest absolute Gasteiger partial charge is 0.452 e. The number of hydrogen-bond acceptors (Lipinski definition) is 5. The molecular weight excluding hydrogens is 384 g/mol. The van der Waals surface area contributed by atoms with E-state index in [-0.39, 0.29) is 17.2 Å². The first kappa shape index (κ1) is 20.5. The molecule has 0 saturated carbocycles. The second-order valence-electron chi connectivity index (χ2n) is 6.19. The lowest BCUT2D eigenvalue weighted by atomic mass is 10.1. The second-order valence-corrected chi connectivity index (χ2v) is 6.19. The summed E-state index contributed by atoms with van der Waals surface area (Å²) in [4.78, 5) is 48.6. The van der Waals surface area contributed by atoms with Crippen LogP contribution in [0.25, 0.3) is 0 Å². The third-order valence-electron chi connectivity index (χ3n) is 4.05. The number of nitrogens with one attached hydrogen (secondary N) is 2. The van der Waals surface area contributed by atoms with Crippen molar-refractivity contribution in [2.75, 3.05) is 11.9 Å². The molecule has 3 rings (SSSR count). The number of ether oxygens (including phenoxy) is 1. The second kappa shape index (κ2) is 9.79. The third-order valence-corrected chi connectivity index (χ3v) is 4.05. The van der Waals surface area contributed by atoms with Crippen molar-refractivity contribution in [1.29, 1.82) is 0 Å². The number of carbonyl (C=O) groups excluding carboxylic acids is 4. The van der Waals surface area contributed by atoms with E-state index in [1.165, 1.54) is 6.07 Å². The molecule has 0 heterocycles. The molecule has 0 aliphatic rings. The molecule has 150 valence electrons. The van der Waals surface area contributed by atoms with Gasteiger partial charge in [0, 0.05) is 11.1 Å². The van der Waals surface area contributed by atoms with Crippen LogP contribution in [0.4, 0.5) is 5.69 Å². The van der Waals surface area contributed by atoms with Crippen molar-refractivity contribution in [1.82, 2.24) is 5.32 Å². The van der Waals surface area contributed by atoms with Gasteiger partial charge in [-0.25, -0.2) is 4.79 Å². The van der Waals surface area contributed by atoms with E-state index < -0.39 is 24.4 Å². The highest BCUT2D eigenvalue weighted by molar-refractivity contribution is 6.08. The number of anilines is 1. The summed E-state index contributed by atoms with van der Waals surface area (Å²) >= 11 is 0. The number of amides is 3. The first-order chi connectivity index (χ1) is 14.5. The van der Waals surface area contributed by atoms with Gasteiger partial charge in [-0.3, -0.25) is 19.7 Å². The Morgan fingerprint density at radius 1 is 0.667 bits per heavy atom. The van der Waals surface area contributed by atoms with Crippen LogP contribution in [0.3, 0.4) is 0 Å². The fourth-order valence-corrected chi connectivity index (χ4v) is 2.59. The Morgan fingerprint density at radius 3 is 1.83 bits per heavy atom. The third kappa shape index (κ3) is 5.39. The number of para-hydroxylation sites is 1. The van der Waals surface area contributed by atoms with Crippen LogP contribution in [0.15, 0.2) is 84.9 Å². The van der Waals surface area contributed by atoms with Crippen molar-refractivity contribution in [3.63, 3.8) is 0 Å². The van der Waals surface area contributed by atoms with Gasteiger partial charge in [-0.1, -0.05) is 48.5 Å². The number of carbonyl (C=O) groups is 4. The van der Waals surface area contributed by atoms with Gasteiger partial charge < -0.3 is 10.1 Å². The number of benzene rings is 3. The van der Waals surface area contributed by atoms with Crippen LogP contribution >= 0.6 is 0 Å². The molecule has 3 aromatic carbocycles. The summed E-state index contributed by atoms with van der Waals surface area (Å²) in [7, 11) is 0. The zero-order chi connectivity index (χ0) is 21.3. The van der Waals surface area contributed by atoms with E-state index in [4.69, 9.17) is 4.74 Å². The zero-order valence-corrected chi connectivity index (χ0v) is 15.8. The van der Waals surface area contributed by atoms with Gasteiger partial charge in [0.15, 0.2) is 6.61 Å². The number of rotatable bonds is 6. The van der Waals surface area contributed by atoms with E-state index in [1.54, 1.807) is 78.9 Å². The molecule has 0 radical (unpaired) electrons. The van der Waals surface area contributed by atoms with Crippen molar-refractivity contribution in [2.24, 2.45) is 0 Å². The Balaban J connectivity index is 1.60. The minimum Gasteiger partial charge on any atom is -0.452 e. The maximum atomic E-state index is 12.4. The topological polar surface area (TPSA) is 102 Å². The van der Waals surface area contributed by atoms with Gasteiger partial charge in [-0.2, -0.15) is 0 Å². The van der Waals surface area contributed by atoms with Crippen LogP contribution in [0.2, 0.25) is 0 Å². The normalized spacial score (nSPS) is 10.0.